The van der Waals surface area contributed by atoms with Crippen LogP contribution in [0.5, 0.6) is 5.75 Å². The van der Waals surface area contributed by atoms with E-state index in [1.165, 1.54) is 5.56 Å². The van der Waals surface area contributed by atoms with Gasteiger partial charge < -0.3 is 14.8 Å². The van der Waals surface area contributed by atoms with E-state index in [2.05, 4.69) is 24.4 Å². The quantitative estimate of drug-likeness (QED) is 0.668. The van der Waals surface area contributed by atoms with Gasteiger partial charge in [0.25, 0.3) is 0 Å². The summed E-state index contributed by atoms with van der Waals surface area (Å²) in [7, 11) is 1.72. The van der Waals surface area contributed by atoms with Crippen LogP contribution >= 0.6 is 0 Å². The number of benzene rings is 1. The summed E-state index contributed by atoms with van der Waals surface area (Å²) in [6, 6.07) is 8.25. The molecule has 0 aliphatic rings. The van der Waals surface area contributed by atoms with E-state index >= 15 is 0 Å². The highest BCUT2D eigenvalue weighted by Crippen LogP contribution is 2.18. The molecule has 0 atom stereocenters. The van der Waals surface area contributed by atoms with Crippen LogP contribution in [0.1, 0.15) is 18.9 Å². The van der Waals surface area contributed by atoms with Gasteiger partial charge >= 0.3 is 0 Å². The molecule has 0 aliphatic carbocycles. The Morgan fingerprint density at radius 2 is 1.94 bits per heavy atom. The van der Waals surface area contributed by atoms with Crippen molar-refractivity contribution in [2.75, 3.05) is 33.4 Å². The molecule has 0 unspecified atom stereocenters. The molecule has 0 heterocycles. The zero-order valence-corrected chi connectivity index (χ0v) is 10.9. The maximum atomic E-state index is 5.71. The lowest BCUT2D eigenvalue weighted by Gasteiger charge is -2.11. The second-order valence-corrected chi connectivity index (χ2v) is 3.95. The van der Waals surface area contributed by atoms with Crippen LogP contribution in [0.4, 0.5) is 0 Å². The molecule has 3 nitrogen and oxygen atoms in total. The Hall–Kier alpha value is -1.06. The minimum Gasteiger partial charge on any atom is -0.493 e. The van der Waals surface area contributed by atoms with Gasteiger partial charge in [0.05, 0.1) is 13.2 Å². The van der Waals surface area contributed by atoms with E-state index < -0.39 is 0 Å². The second kappa shape index (κ2) is 9.02. The Kier molecular flexibility index (Phi) is 7.43. The van der Waals surface area contributed by atoms with Gasteiger partial charge in [0.2, 0.25) is 0 Å². The van der Waals surface area contributed by atoms with Crippen molar-refractivity contribution >= 4 is 0 Å². The molecule has 1 rings (SSSR count). The molecular formula is C14H23NO2. The molecule has 17 heavy (non-hydrogen) atoms. The van der Waals surface area contributed by atoms with Crippen LogP contribution < -0.4 is 10.1 Å². The molecule has 0 spiro atoms. The summed E-state index contributed by atoms with van der Waals surface area (Å²) < 4.78 is 10.7. The molecule has 0 fully saturated rings. The lowest BCUT2D eigenvalue weighted by atomic mass is 10.1. The second-order valence-electron chi connectivity index (χ2n) is 3.95. The predicted molar refractivity (Wildman–Crippen MR) is 70.7 cm³/mol. The van der Waals surface area contributed by atoms with Crippen LogP contribution in [-0.4, -0.2) is 33.4 Å². The average molecular weight is 237 g/mol. The van der Waals surface area contributed by atoms with E-state index in [4.69, 9.17) is 9.47 Å². The van der Waals surface area contributed by atoms with Crippen molar-refractivity contribution < 1.29 is 9.47 Å². The molecule has 0 saturated heterocycles. The third kappa shape index (κ3) is 5.71. The van der Waals surface area contributed by atoms with Gasteiger partial charge in [-0.05, 0) is 31.0 Å². The normalized spacial score (nSPS) is 10.5. The third-order valence-electron chi connectivity index (χ3n) is 2.49. The summed E-state index contributed by atoms with van der Waals surface area (Å²) in [5.74, 6) is 1.02. The molecule has 0 aliphatic heterocycles. The van der Waals surface area contributed by atoms with Crippen LogP contribution in [-0.2, 0) is 11.2 Å². The number of rotatable bonds is 9. The van der Waals surface area contributed by atoms with Gasteiger partial charge in [-0.3, -0.25) is 0 Å². The number of hydrogen-bond acceptors (Lipinski definition) is 3. The summed E-state index contributed by atoms with van der Waals surface area (Å²) in [4.78, 5) is 0. The number of ether oxygens (including phenoxy) is 2. The molecule has 1 aromatic carbocycles. The Morgan fingerprint density at radius 3 is 2.71 bits per heavy atom. The molecule has 0 bridgehead atoms. The standard InChI is InChI=1S/C14H23NO2/c1-3-11-17-14-7-5-4-6-13(14)8-9-15-10-12-16-2/h4-7,15H,3,8-12H2,1-2H3. The summed E-state index contributed by atoms with van der Waals surface area (Å²) >= 11 is 0. The molecule has 0 amide bonds. The molecule has 3 heteroatoms. The zero-order chi connectivity index (χ0) is 12.3. The third-order valence-corrected chi connectivity index (χ3v) is 2.49. The fourth-order valence-electron chi connectivity index (χ4n) is 1.59. The first kappa shape index (κ1) is 14.0. The fourth-order valence-corrected chi connectivity index (χ4v) is 1.59. The monoisotopic (exact) mass is 237 g/mol. The highest BCUT2D eigenvalue weighted by Gasteiger charge is 2.01. The molecule has 96 valence electrons. The van der Waals surface area contributed by atoms with E-state index in [1.54, 1.807) is 7.11 Å². The van der Waals surface area contributed by atoms with Crippen molar-refractivity contribution in [3.05, 3.63) is 29.8 Å². The van der Waals surface area contributed by atoms with Gasteiger partial charge in [0, 0.05) is 13.7 Å². The lowest BCUT2D eigenvalue weighted by molar-refractivity contribution is 0.199. The molecule has 1 N–H and O–H groups in total. The highest BCUT2D eigenvalue weighted by atomic mass is 16.5. The summed E-state index contributed by atoms with van der Waals surface area (Å²) in [5, 5.41) is 3.34. The minimum absolute atomic E-state index is 0.758. The van der Waals surface area contributed by atoms with Crippen LogP contribution in [0.15, 0.2) is 24.3 Å². The van der Waals surface area contributed by atoms with Gasteiger partial charge in [0.15, 0.2) is 0 Å². The van der Waals surface area contributed by atoms with Crippen LogP contribution in [0, 0.1) is 0 Å². The number of para-hydroxylation sites is 1. The summed E-state index contributed by atoms with van der Waals surface area (Å²) in [6.45, 7) is 5.52. The van der Waals surface area contributed by atoms with Crippen LogP contribution in [0.25, 0.3) is 0 Å². The maximum Gasteiger partial charge on any atom is 0.122 e. The number of nitrogens with one attached hydrogen (secondary N) is 1. The average Bonchev–Trinajstić information content (AvgIpc) is 2.37. The van der Waals surface area contributed by atoms with Crippen molar-refractivity contribution in [2.45, 2.75) is 19.8 Å². The number of methoxy groups -OCH3 is 1. The molecule has 0 aromatic heterocycles. The minimum atomic E-state index is 0.758. The van der Waals surface area contributed by atoms with E-state index in [0.29, 0.717) is 0 Å². The van der Waals surface area contributed by atoms with E-state index in [9.17, 15) is 0 Å². The number of hydrogen-bond donors (Lipinski definition) is 1. The van der Waals surface area contributed by atoms with Crippen molar-refractivity contribution in [1.82, 2.24) is 5.32 Å². The smallest absolute Gasteiger partial charge is 0.122 e. The summed E-state index contributed by atoms with van der Waals surface area (Å²) in [5.41, 5.74) is 1.27. The van der Waals surface area contributed by atoms with Crippen molar-refractivity contribution in [1.29, 1.82) is 0 Å². The highest BCUT2D eigenvalue weighted by molar-refractivity contribution is 5.33. The first-order chi connectivity index (χ1) is 8.38. The van der Waals surface area contributed by atoms with Crippen molar-refractivity contribution in [3.63, 3.8) is 0 Å². The van der Waals surface area contributed by atoms with Crippen molar-refractivity contribution in [2.24, 2.45) is 0 Å². The van der Waals surface area contributed by atoms with Gasteiger partial charge in [-0.25, -0.2) is 0 Å². The van der Waals surface area contributed by atoms with Crippen LogP contribution in [0.2, 0.25) is 0 Å². The first-order valence-electron chi connectivity index (χ1n) is 6.28. The Balaban J connectivity index is 2.35. The Bertz CT molecular complexity index is 302. The van der Waals surface area contributed by atoms with E-state index in [1.807, 2.05) is 12.1 Å². The van der Waals surface area contributed by atoms with Crippen LogP contribution in [0.3, 0.4) is 0 Å². The Morgan fingerprint density at radius 1 is 1.12 bits per heavy atom. The summed E-state index contributed by atoms with van der Waals surface area (Å²) in [6.07, 6.45) is 2.03. The Labute approximate surface area is 104 Å². The van der Waals surface area contributed by atoms with Crippen molar-refractivity contribution in [3.8, 4) is 5.75 Å². The van der Waals surface area contributed by atoms with Gasteiger partial charge in [0.1, 0.15) is 5.75 Å². The molecular weight excluding hydrogens is 214 g/mol. The van der Waals surface area contributed by atoms with E-state index in [-0.39, 0.29) is 0 Å². The molecule has 0 saturated carbocycles. The molecule has 0 radical (unpaired) electrons. The topological polar surface area (TPSA) is 30.5 Å². The van der Waals surface area contributed by atoms with E-state index in [0.717, 1.165) is 44.9 Å². The van der Waals surface area contributed by atoms with Gasteiger partial charge in [-0.1, -0.05) is 25.1 Å². The van der Waals surface area contributed by atoms with Gasteiger partial charge in [-0.15, -0.1) is 0 Å². The fraction of sp³-hybridized carbons (Fsp3) is 0.571. The lowest BCUT2D eigenvalue weighted by Crippen LogP contribution is -2.21. The predicted octanol–water partition coefficient (Wildman–Crippen LogP) is 2.25. The maximum absolute atomic E-state index is 5.71. The zero-order valence-electron chi connectivity index (χ0n) is 10.9. The molecule has 1 aromatic rings. The van der Waals surface area contributed by atoms with Gasteiger partial charge in [-0.2, -0.15) is 0 Å². The largest absolute Gasteiger partial charge is 0.493 e. The first-order valence-corrected chi connectivity index (χ1v) is 6.28. The SMILES string of the molecule is CCCOc1ccccc1CCNCCOC.